The summed E-state index contributed by atoms with van der Waals surface area (Å²) in [4.78, 5) is 15.3. The Morgan fingerprint density at radius 1 is 1.36 bits per heavy atom. The topological polar surface area (TPSA) is 81.2 Å². The van der Waals surface area contributed by atoms with E-state index in [1.165, 1.54) is 0 Å². The van der Waals surface area contributed by atoms with Crippen LogP contribution in [0.2, 0.25) is 0 Å². The number of oxazole rings is 1. The van der Waals surface area contributed by atoms with Crippen molar-refractivity contribution in [2.75, 3.05) is 0 Å². The van der Waals surface area contributed by atoms with E-state index in [1.807, 2.05) is 43.6 Å². The average molecular weight is 297 g/mol. The minimum absolute atomic E-state index is 0.0187. The Bertz CT molecular complexity index is 812. The lowest BCUT2D eigenvalue weighted by molar-refractivity contribution is -0.136. The minimum atomic E-state index is -0.854. The fraction of sp³-hybridized carbons (Fsp3) is 0.188. The van der Waals surface area contributed by atoms with Crippen LogP contribution in [0.4, 0.5) is 0 Å². The van der Waals surface area contributed by atoms with Gasteiger partial charge in [-0.05, 0) is 24.6 Å². The second kappa shape index (κ2) is 5.85. The Labute approximate surface area is 126 Å². The summed E-state index contributed by atoms with van der Waals surface area (Å²) in [6.07, 6.45) is 5.79. The Morgan fingerprint density at radius 3 is 2.86 bits per heavy atom. The summed E-state index contributed by atoms with van der Waals surface area (Å²) >= 11 is 0. The van der Waals surface area contributed by atoms with Crippen molar-refractivity contribution in [2.24, 2.45) is 7.05 Å². The first-order valence-corrected chi connectivity index (χ1v) is 6.89. The van der Waals surface area contributed by atoms with Gasteiger partial charge in [-0.25, -0.2) is 4.98 Å². The molecule has 0 saturated carbocycles. The average Bonchev–Trinajstić information content (AvgIpc) is 3.09. The molecular weight excluding hydrogens is 282 g/mol. The van der Waals surface area contributed by atoms with Crippen molar-refractivity contribution in [2.45, 2.75) is 12.8 Å². The molecule has 22 heavy (non-hydrogen) atoms. The highest BCUT2D eigenvalue weighted by atomic mass is 16.4. The van der Waals surface area contributed by atoms with Gasteiger partial charge in [0.15, 0.2) is 5.58 Å². The number of aromatic nitrogens is 3. The van der Waals surface area contributed by atoms with Crippen LogP contribution in [0.5, 0.6) is 0 Å². The van der Waals surface area contributed by atoms with Crippen LogP contribution < -0.4 is 0 Å². The molecule has 0 bridgehead atoms. The maximum Gasteiger partial charge on any atom is 0.303 e. The Hall–Kier alpha value is -2.89. The molecule has 1 N–H and O–H groups in total. The predicted octanol–water partition coefficient (Wildman–Crippen LogP) is 2.97. The third-order valence-corrected chi connectivity index (χ3v) is 3.24. The van der Waals surface area contributed by atoms with Crippen molar-refractivity contribution < 1.29 is 14.3 Å². The summed E-state index contributed by atoms with van der Waals surface area (Å²) in [6, 6.07) is 7.46. The van der Waals surface area contributed by atoms with E-state index < -0.39 is 5.97 Å². The zero-order valence-corrected chi connectivity index (χ0v) is 12.1. The number of allylic oxidation sites excluding steroid dienone is 1. The molecule has 3 rings (SSSR count). The summed E-state index contributed by atoms with van der Waals surface area (Å²) in [5.74, 6) is -0.403. The molecule has 0 amide bonds. The first-order chi connectivity index (χ1) is 10.6. The predicted molar refractivity (Wildman–Crippen MR) is 82.0 cm³/mol. The number of hydrogen-bond acceptors (Lipinski definition) is 4. The molecule has 0 fully saturated rings. The number of carboxylic acids is 1. The maximum atomic E-state index is 10.9. The summed E-state index contributed by atoms with van der Waals surface area (Å²) in [5.41, 5.74) is 3.06. The van der Waals surface area contributed by atoms with Crippen LogP contribution in [0, 0.1) is 0 Å². The van der Waals surface area contributed by atoms with Crippen LogP contribution in [-0.2, 0) is 11.8 Å². The van der Waals surface area contributed by atoms with E-state index in [-0.39, 0.29) is 6.42 Å². The Balaban J connectivity index is 1.99. The number of rotatable bonds is 5. The molecule has 0 unspecified atom stereocenters. The lowest BCUT2D eigenvalue weighted by Crippen LogP contribution is -1.96. The van der Waals surface area contributed by atoms with Crippen LogP contribution in [0.25, 0.3) is 22.7 Å². The highest BCUT2D eigenvalue weighted by Gasteiger charge is 2.13. The molecule has 0 spiro atoms. The zero-order chi connectivity index (χ0) is 15.5. The minimum Gasteiger partial charge on any atom is -0.481 e. The molecule has 112 valence electrons. The molecule has 3 aromatic rings. The molecule has 2 heterocycles. The van der Waals surface area contributed by atoms with Gasteiger partial charge in [-0.2, -0.15) is 5.10 Å². The molecule has 0 atom stereocenters. The second-order valence-corrected chi connectivity index (χ2v) is 5.00. The number of aliphatic carboxylic acids is 1. The SMILES string of the molecule is Cn1cc(/C=C(\CCC(=O)O)c2nc3ccccc3o2)cn1. The molecule has 0 aliphatic heterocycles. The highest BCUT2D eigenvalue weighted by Crippen LogP contribution is 2.26. The zero-order valence-electron chi connectivity index (χ0n) is 12.1. The third kappa shape index (κ3) is 3.06. The van der Waals surface area contributed by atoms with Gasteiger partial charge in [0.1, 0.15) is 5.52 Å². The number of carboxylic acid groups (broad SMARTS) is 1. The fourth-order valence-electron chi connectivity index (χ4n) is 2.21. The number of fused-ring (bicyclic) bond motifs is 1. The van der Waals surface area contributed by atoms with E-state index in [0.29, 0.717) is 17.9 Å². The van der Waals surface area contributed by atoms with E-state index >= 15 is 0 Å². The number of nitrogens with zero attached hydrogens (tertiary/aromatic N) is 3. The van der Waals surface area contributed by atoms with Gasteiger partial charge in [0, 0.05) is 30.8 Å². The van der Waals surface area contributed by atoms with Crippen LogP contribution in [0.15, 0.2) is 41.1 Å². The van der Waals surface area contributed by atoms with E-state index in [4.69, 9.17) is 9.52 Å². The lowest BCUT2D eigenvalue weighted by Gasteiger charge is -2.00. The second-order valence-electron chi connectivity index (χ2n) is 5.00. The quantitative estimate of drug-likeness (QED) is 0.783. The van der Waals surface area contributed by atoms with Gasteiger partial charge in [0.25, 0.3) is 0 Å². The van der Waals surface area contributed by atoms with E-state index in [1.54, 1.807) is 10.9 Å². The van der Waals surface area contributed by atoms with Gasteiger partial charge in [0.2, 0.25) is 5.89 Å². The van der Waals surface area contributed by atoms with Gasteiger partial charge in [-0.15, -0.1) is 0 Å². The van der Waals surface area contributed by atoms with E-state index in [0.717, 1.165) is 16.7 Å². The standard InChI is InChI=1S/C16H15N3O3/c1-19-10-11(9-17-19)8-12(6-7-15(20)21)16-18-13-4-2-3-5-14(13)22-16/h2-5,8-10H,6-7H2,1H3,(H,20,21)/b12-8+. The van der Waals surface area contributed by atoms with Crippen molar-refractivity contribution >= 4 is 28.7 Å². The monoisotopic (exact) mass is 297 g/mol. The largest absolute Gasteiger partial charge is 0.481 e. The third-order valence-electron chi connectivity index (χ3n) is 3.24. The number of carbonyl (C=O) groups is 1. The lowest BCUT2D eigenvalue weighted by atomic mass is 10.1. The number of para-hydroxylation sites is 2. The smallest absolute Gasteiger partial charge is 0.303 e. The Kier molecular flexibility index (Phi) is 3.74. The van der Waals surface area contributed by atoms with Crippen LogP contribution in [-0.4, -0.2) is 25.8 Å². The number of hydrogen-bond donors (Lipinski definition) is 1. The van der Waals surface area contributed by atoms with Gasteiger partial charge in [-0.3, -0.25) is 9.48 Å². The van der Waals surface area contributed by atoms with Crippen LogP contribution in [0.3, 0.4) is 0 Å². The summed E-state index contributed by atoms with van der Waals surface area (Å²) < 4.78 is 7.43. The van der Waals surface area contributed by atoms with Crippen molar-refractivity contribution in [1.82, 2.24) is 14.8 Å². The molecule has 0 aliphatic rings. The summed E-state index contributed by atoms with van der Waals surface area (Å²) in [6.45, 7) is 0. The molecule has 0 aliphatic carbocycles. The van der Waals surface area contributed by atoms with Crippen LogP contribution in [0.1, 0.15) is 24.3 Å². The molecular formula is C16H15N3O3. The maximum absolute atomic E-state index is 10.9. The van der Waals surface area contributed by atoms with Crippen LogP contribution >= 0.6 is 0 Å². The van der Waals surface area contributed by atoms with E-state index in [9.17, 15) is 4.79 Å². The van der Waals surface area contributed by atoms with E-state index in [2.05, 4.69) is 10.1 Å². The molecule has 2 aromatic heterocycles. The van der Waals surface area contributed by atoms with Crippen molar-refractivity contribution in [3.8, 4) is 0 Å². The fourth-order valence-corrected chi connectivity index (χ4v) is 2.21. The van der Waals surface area contributed by atoms with Crippen molar-refractivity contribution in [1.29, 1.82) is 0 Å². The van der Waals surface area contributed by atoms with Crippen molar-refractivity contribution in [3.63, 3.8) is 0 Å². The van der Waals surface area contributed by atoms with Gasteiger partial charge < -0.3 is 9.52 Å². The molecule has 6 heteroatoms. The molecule has 0 saturated heterocycles. The summed E-state index contributed by atoms with van der Waals surface area (Å²) in [5, 5.41) is 13.0. The number of aryl methyl sites for hydroxylation is 1. The van der Waals surface area contributed by atoms with Gasteiger partial charge >= 0.3 is 5.97 Å². The first kappa shape index (κ1) is 14.1. The molecule has 1 aromatic carbocycles. The van der Waals surface area contributed by atoms with Gasteiger partial charge in [0.05, 0.1) is 6.20 Å². The Morgan fingerprint density at radius 2 is 2.18 bits per heavy atom. The van der Waals surface area contributed by atoms with Crippen molar-refractivity contribution in [3.05, 3.63) is 48.1 Å². The summed E-state index contributed by atoms with van der Waals surface area (Å²) in [7, 11) is 1.83. The normalized spacial score (nSPS) is 12.0. The number of benzene rings is 1. The molecule has 6 nitrogen and oxygen atoms in total. The highest BCUT2D eigenvalue weighted by molar-refractivity contribution is 5.83. The molecule has 0 radical (unpaired) electrons. The first-order valence-electron chi connectivity index (χ1n) is 6.89. The van der Waals surface area contributed by atoms with Gasteiger partial charge in [-0.1, -0.05) is 12.1 Å².